The third-order valence-corrected chi connectivity index (χ3v) is 2.17. The Morgan fingerprint density at radius 2 is 1.94 bits per heavy atom. The van der Waals surface area contributed by atoms with Crippen LogP contribution in [0, 0.1) is 0 Å². The average Bonchev–Trinajstić information content (AvgIpc) is 2.68. The molecular formula is C10H16N4O4. The molecule has 2 N–H and O–H groups in total. The Balaban J connectivity index is 2.94. The van der Waals surface area contributed by atoms with E-state index >= 15 is 0 Å². The van der Waals surface area contributed by atoms with E-state index in [1.54, 1.807) is 20.8 Å². The Bertz CT molecular complexity index is 455. The third kappa shape index (κ3) is 2.76. The number of hydrogen-bond acceptors (Lipinski definition) is 7. The van der Waals surface area contributed by atoms with Gasteiger partial charge in [-0.15, -0.1) is 5.10 Å². The van der Waals surface area contributed by atoms with E-state index in [1.807, 2.05) is 0 Å². The van der Waals surface area contributed by atoms with Gasteiger partial charge in [0.2, 0.25) is 5.69 Å². The minimum absolute atomic E-state index is 0.0324. The first-order chi connectivity index (χ1) is 8.38. The molecule has 0 saturated heterocycles. The summed E-state index contributed by atoms with van der Waals surface area (Å²) in [6.45, 7) is 5.02. The number of nitrogens with zero attached hydrogens (tertiary/aromatic N) is 3. The van der Waals surface area contributed by atoms with Crippen molar-refractivity contribution in [3.63, 3.8) is 0 Å². The third-order valence-electron chi connectivity index (χ3n) is 2.17. The molecular weight excluding hydrogens is 240 g/mol. The Morgan fingerprint density at radius 1 is 1.33 bits per heavy atom. The summed E-state index contributed by atoms with van der Waals surface area (Å²) in [4.78, 5) is 23.0. The molecule has 0 radical (unpaired) electrons. The second-order valence-electron chi connectivity index (χ2n) is 3.92. The molecule has 1 unspecified atom stereocenters. The van der Waals surface area contributed by atoms with Gasteiger partial charge in [-0.2, -0.15) is 0 Å². The molecule has 1 rings (SSSR count). The van der Waals surface area contributed by atoms with Crippen LogP contribution in [0.2, 0.25) is 0 Å². The van der Waals surface area contributed by atoms with Crippen molar-refractivity contribution >= 4 is 17.8 Å². The first kappa shape index (κ1) is 13.9. The van der Waals surface area contributed by atoms with Gasteiger partial charge in [0.15, 0.2) is 11.9 Å². The molecule has 8 heteroatoms. The van der Waals surface area contributed by atoms with Crippen LogP contribution in [0.15, 0.2) is 0 Å². The number of esters is 2. The molecule has 0 aliphatic carbocycles. The predicted octanol–water partition coefficient (Wildman–Crippen LogP) is 0.159. The summed E-state index contributed by atoms with van der Waals surface area (Å²) in [7, 11) is 1.21. The van der Waals surface area contributed by atoms with Gasteiger partial charge in [-0.05, 0) is 20.8 Å². The molecule has 0 fully saturated rings. The van der Waals surface area contributed by atoms with Crippen molar-refractivity contribution in [3.05, 3.63) is 5.69 Å². The second kappa shape index (κ2) is 5.48. The fourth-order valence-corrected chi connectivity index (χ4v) is 1.26. The maximum atomic E-state index is 11.7. The van der Waals surface area contributed by atoms with Gasteiger partial charge in [-0.25, -0.2) is 14.3 Å². The van der Waals surface area contributed by atoms with Crippen molar-refractivity contribution in [2.75, 3.05) is 12.8 Å². The molecule has 1 aromatic rings. The van der Waals surface area contributed by atoms with Crippen LogP contribution in [0.3, 0.4) is 0 Å². The maximum absolute atomic E-state index is 11.7. The first-order valence-corrected chi connectivity index (χ1v) is 5.38. The smallest absolute Gasteiger partial charge is 0.362 e. The number of nitrogen functional groups attached to an aromatic ring is 1. The van der Waals surface area contributed by atoms with Crippen LogP contribution in [-0.4, -0.2) is 40.1 Å². The minimum atomic E-state index is -0.765. The predicted molar refractivity (Wildman–Crippen MR) is 61.7 cm³/mol. The van der Waals surface area contributed by atoms with Gasteiger partial charge in [0.25, 0.3) is 0 Å². The van der Waals surface area contributed by atoms with Crippen LogP contribution in [0.25, 0.3) is 0 Å². The summed E-state index contributed by atoms with van der Waals surface area (Å²) in [5, 5.41) is 7.23. The van der Waals surface area contributed by atoms with Gasteiger partial charge in [0, 0.05) is 0 Å². The molecule has 0 spiro atoms. The fourth-order valence-electron chi connectivity index (χ4n) is 1.26. The summed E-state index contributed by atoms with van der Waals surface area (Å²) >= 11 is 0. The number of methoxy groups -OCH3 is 1. The Hall–Kier alpha value is -2.12. The fraction of sp³-hybridized carbons (Fsp3) is 0.600. The summed E-state index contributed by atoms with van der Waals surface area (Å²) in [5.74, 6) is -1.24. The van der Waals surface area contributed by atoms with E-state index < -0.39 is 18.0 Å². The molecule has 18 heavy (non-hydrogen) atoms. The zero-order valence-electron chi connectivity index (χ0n) is 10.7. The number of ether oxygens (including phenoxy) is 2. The number of hydrogen-bond donors (Lipinski definition) is 1. The number of rotatable bonds is 4. The van der Waals surface area contributed by atoms with E-state index in [4.69, 9.17) is 10.5 Å². The highest BCUT2D eigenvalue weighted by Gasteiger charge is 2.25. The molecule has 0 bridgehead atoms. The van der Waals surface area contributed by atoms with Crippen LogP contribution in [0.5, 0.6) is 0 Å². The van der Waals surface area contributed by atoms with Gasteiger partial charge < -0.3 is 15.2 Å². The Labute approximate surface area is 104 Å². The SMILES string of the molecule is COC(=O)c1nnn(C(C)C(=O)OC(C)C)c1N. The van der Waals surface area contributed by atoms with E-state index in [1.165, 1.54) is 7.11 Å². The Kier molecular flexibility index (Phi) is 4.24. The lowest BCUT2D eigenvalue weighted by Gasteiger charge is -2.14. The van der Waals surface area contributed by atoms with Gasteiger partial charge in [0.1, 0.15) is 0 Å². The summed E-state index contributed by atoms with van der Waals surface area (Å²) < 4.78 is 10.6. The molecule has 1 heterocycles. The highest BCUT2D eigenvalue weighted by atomic mass is 16.5. The van der Waals surface area contributed by atoms with Crippen molar-refractivity contribution in [1.82, 2.24) is 15.0 Å². The minimum Gasteiger partial charge on any atom is -0.464 e. The second-order valence-corrected chi connectivity index (χ2v) is 3.92. The lowest BCUT2D eigenvalue weighted by molar-refractivity contribution is -0.151. The highest BCUT2D eigenvalue weighted by Crippen LogP contribution is 2.16. The lowest BCUT2D eigenvalue weighted by atomic mass is 10.3. The molecule has 0 aliphatic heterocycles. The van der Waals surface area contributed by atoms with E-state index in [-0.39, 0.29) is 17.6 Å². The van der Waals surface area contributed by atoms with Crippen molar-refractivity contribution in [3.8, 4) is 0 Å². The van der Waals surface area contributed by atoms with Gasteiger partial charge in [-0.3, -0.25) is 0 Å². The summed E-state index contributed by atoms with van der Waals surface area (Å²) in [6, 6.07) is -0.765. The number of carbonyl (C=O) groups excluding carboxylic acids is 2. The van der Waals surface area contributed by atoms with Crippen LogP contribution in [0.4, 0.5) is 5.82 Å². The van der Waals surface area contributed by atoms with Gasteiger partial charge in [0.05, 0.1) is 13.2 Å². The lowest BCUT2D eigenvalue weighted by Crippen LogP contribution is -2.24. The molecule has 0 amide bonds. The molecule has 0 aromatic carbocycles. The Morgan fingerprint density at radius 3 is 2.44 bits per heavy atom. The van der Waals surface area contributed by atoms with Crippen molar-refractivity contribution in [2.45, 2.75) is 32.9 Å². The van der Waals surface area contributed by atoms with Gasteiger partial charge >= 0.3 is 11.9 Å². The van der Waals surface area contributed by atoms with Gasteiger partial charge in [-0.1, -0.05) is 5.21 Å². The van der Waals surface area contributed by atoms with Crippen LogP contribution < -0.4 is 5.73 Å². The van der Waals surface area contributed by atoms with Crippen molar-refractivity contribution in [1.29, 1.82) is 0 Å². The van der Waals surface area contributed by atoms with Crippen LogP contribution in [-0.2, 0) is 14.3 Å². The number of aromatic nitrogens is 3. The molecule has 8 nitrogen and oxygen atoms in total. The number of nitrogens with two attached hydrogens (primary N) is 1. The van der Waals surface area contributed by atoms with E-state index in [9.17, 15) is 9.59 Å². The zero-order chi connectivity index (χ0) is 13.9. The van der Waals surface area contributed by atoms with Crippen LogP contribution >= 0.6 is 0 Å². The van der Waals surface area contributed by atoms with E-state index in [0.717, 1.165) is 4.68 Å². The normalized spacial score (nSPS) is 12.3. The van der Waals surface area contributed by atoms with Crippen LogP contribution in [0.1, 0.15) is 37.3 Å². The average molecular weight is 256 g/mol. The molecule has 0 saturated carbocycles. The number of anilines is 1. The first-order valence-electron chi connectivity index (χ1n) is 5.38. The molecule has 1 aromatic heterocycles. The standard InChI is InChI=1S/C10H16N4O4/c1-5(2)18-9(15)6(3)14-8(11)7(12-13-14)10(16)17-4/h5-6H,11H2,1-4H3. The summed E-state index contributed by atoms with van der Waals surface area (Å²) in [6.07, 6.45) is -0.246. The van der Waals surface area contributed by atoms with E-state index in [0.29, 0.717) is 0 Å². The zero-order valence-corrected chi connectivity index (χ0v) is 10.7. The highest BCUT2D eigenvalue weighted by molar-refractivity contribution is 5.92. The number of carbonyl (C=O) groups is 2. The topological polar surface area (TPSA) is 109 Å². The summed E-state index contributed by atoms with van der Waals surface area (Å²) in [5.41, 5.74) is 5.56. The molecule has 100 valence electrons. The monoisotopic (exact) mass is 256 g/mol. The maximum Gasteiger partial charge on any atom is 0.362 e. The van der Waals surface area contributed by atoms with Crippen molar-refractivity contribution < 1.29 is 19.1 Å². The van der Waals surface area contributed by atoms with Crippen molar-refractivity contribution in [2.24, 2.45) is 0 Å². The molecule has 0 aliphatic rings. The molecule has 1 atom stereocenters. The van der Waals surface area contributed by atoms with E-state index in [2.05, 4.69) is 15.0 Å². The largest absolute Gasteiger partial charge is 0.464 e. The quantitative estimate of drug-likeness (QED) is 0.764.